The van der Waals surface area contributed by atoms with E-state index in [1.54, 1.807) is 0 Å². The van der Waals surface area contributed by atoms with E-state index in [1.807, 2.05) is 24.4 Å². The second kappa shape index (κ2) is 5.11. The van der Waals surface area contributed by atoms with Crippen LogP contribution in [-0.4, -0.2) is 20.1 Å². The maximum atomic E-state index is 11.3. The quantitative estimate of drug-likeness (QED) is 0.816. The Hall–Kier alpha value is -0.100. The molecule has 0 aromatic carbocycles. The highest BCUT2D eigenvalue weighted by molar-refractivity contribution is 7.89. The number of halogens is 1. The van der Waals surface area contributed by atoms with Crippen molar-refractivity contribution >= 4 is 33.0 Å². The molecule has 0 fully saturated rings. The summed E-state index contributed by atoms with van der Waals surface area (Å²) in [6, 6.07) is 3.62. The van der Waals surface area contributed by atoms with Gasteiger partial charge in [-0.25, -0.2) is 13.1 Å². The van der Waals surface area contributed by atoms with Crippen molar-refractivity contribution < 1.29 is 8.42 Å². The summed E-state index contributed by atoms with van der Waals surface area (Å²) in [5, 5.41) is 1.92. The van der Waals surface area contributed by atoms with Crippen LogP contribution in [0.4, 0.5) is 0 Å². The zero-order chi connectivity index (χ0) is 10.6. The Morgan fingerprint density at radius 1 is 1.64 bits per heavy atom. The minimum atomic E-state index is -3.23. The average Bonchev–Trinajstić information content (AvgIpc) is 2.53. The predicted molar refractivity (Wildman–Crippen MR) is 60.4 cm³/mol. The lowest BCUT2D eigenvalue weighted by atomic mass is 10.3. The highest BCUT2D eigenvalue weighted by Crippen LogP contribution is 2.18. The van der Waals surface area contributed by atoms with Crippen LogP contribution in [0.3, 0.4) is 0 Å². The van der Waals surface area contributed by atoms with Gasteiger partial charge >= 0.3 is 0 Å². The van der Waals surface area contributed by atoms with Gasteiger partial charge in [-0.1, -0.05) is 6.07 Å². The molecule has 0 saturated carbocycles. The summed E-state index contributed by atoms with van der Waals surface area (Å²) in [7, 11) is -3.23. The van der Waals surface area contributed by atoms with Gasteiger partial charge in [0.15, 0.2) is 0 Å². The third-order valence-corrected chi connectivity index (χ3v) is 4.59. The van der Waals surface area contributed by atoms with Gasteiger partial charge in [0, 0.05) is 10.8 Å². The molecule has 1 heterocycles. The summed E-state index contributed by atoms with van der Waals surface area (Å²) < 4.78 is 25.2. The van der Waals surface area contributed by atoms with E-state index in [1.165, 1.54) is 11.3 Å². The van der Waals surface area contributed by atoms with Gasteiger partial charge in [0.2, 0.25) is 10.0 Å². The Morgan fingerprint density at radius 2 is 2.36 bits per heavy atom. The monoisotopic (exact) mass is 253 g/mol. The first-order valence-electron chi connectivity index (χ1n) is 4.14. The Kier molecular flexibility index (Phi) is 4.37. The first kappa shape index (κ1) is 12.0. The van der Waals surface area contributed by atoms with E-state index in [4.69, 9.17) is 11.6 Å². The molecule has 0 aliphatic rings. The molecule has 0 radical (unpaired) electrons. The molecule has 14 heavy (non-hydrogen) atoms. The fraction of sp³-hybridized carbons (Fsp3) is 0.500. The number of thiophene rings is 1. The molecule has 0 amide bonds. The molecule has 80 valence electrons. The van der Waals surface area contributed by atoms with Crippen LogP contribution in [0, 0.1) is 0 Å². The number of sulfonamides is 1. The molecule has 0 bridgehead atoms. The molecular weight excluding hydrogens is 242 g/mol. The molecule has 1 unspecified atom stereocenters. The van der Waals surface area contributed by atoms with Gasteiger partial charge < -0.3 is 0 Å². The highest BCUT2D eigenvalue weighted by atomic mass is 35.5. The van der Waals surface area contributed by atoms with E-state index in [2.05, 4.69) is 4.72 Å². The highest BCUT2D eigenvalue weighted by Gasteiger charge is 2.15. The molecular formula is C8H12ClNO2S2. The van der Waals surface area contributed by atoms with E-state index in [0.29, 0.717) is 0 Å². The van der Waals surface area contributed by atoms with Gasteiger partial charge in [-0.3, -0.25) is 0 Å². The Balaban J connectivity index is 2.61. The molecule has 0 spiro atoms. The van der Waals surface area contributed by atoms with Gasteiger partial charge in [0.25, 0.3) is 0 Å². The number of hydrogen-bond acceptors (Lipinski definition) is 3. The van der Waals surface area contributed by atoms with E-state index in [-0.39, 0.29) is 17.7 Å². The van der Waals surface area contributed by atoms with Crippen LogP contribution in [0.1, 0.15) is 17.8 Å². The molecule has 1 atom stereocenters. The molecule has 0 saturated heterocycles. The molecule has 6 heteroatoms. The van der Waals surface area contributed by atoms with Crippen LogP contribution in [-0.2, 0) is 10.0 Å². The Bertz CT molecular complexity index is 361. The largest absolute Gasteiger partial charge is 0.213 e. The van der Waals surface area contributed by atoms with Crippen molar-refractivity contribution in [2.45, 2.75) is 13.0 Å². The molecule has 1 aromatic heterocycles. The van der Waals surface area contributed by atoms with Crippen molar-refractivity contribution in [3.63, 3.8) is 0 Å². The summed E-state index contributed by atoms with van der Waals surface area (Å²) in [6.45, 7) is 1.82. The number of nitrogens with one attached hydrogen (secondary N) is 1. The van der Waals surface area contributed by atoms with Crippen molar-refractivity contribution in [3.8, 4) is 0 Å². The minimum Gasteiger partial charge on any atom is -0.212 e. The first-order chi connectivity index (χ1) is 6.55. The topological polar surface area (TPSA) is 46.2 Å². The van der Waals surface area contributed by atoms with Gasteiger partial charge in [-0.15, -0.1) is 22.9 Å². The fourth-order valence-electron chi connectivity index (χ4n) is 1.03. The van der Waals surface area contributed by atoms with Crippen molar-refractivity contribution in [2.24, 2.45) is 0 Å². The third kappa shape index (κ3) is 3.57. The standard InChI is InChI=1S/C8H12ClNO2S2/c1-7(8-3-2-5-13-8)10-14(11,12)6-4-9/h2-3,5,7,10H,4,6H2,1H3. The van der Waals surface area contributed by atoms with Crippen LogP contribution in [0.15, 0.2) is 17.5 Å². The van der Waals surface area contributed by atoms with Gasteiger partial charge in [-0.2, -0.15) is 0 Å². The average molecular weight is 254 g/mol. The smallest absolute Gasteiger partial charge is 0.212 e. The lowest BCUT2D eigenvalue weighted by Crippen LogP contribution is -2.29. The molecule has 1 rings (SSSR count). The SMILES string of the molecule is CC(NS(=O)(=O)CCCl)c1cccs1. The fourth-order valence-corrected chi connectivity index (χ4v) is 3.43. The maximum Gasteiger partial charge on any atom is 0.213 e. The summed E-state index contributed by atoms with van der Waals surface area (Å²) in [5.74, 6) is 0.0801. The van der Waals surface area contributed by atoms with Crippen molar-refractivity contribution in [2.75, 3.05) is 11.6 Å². The molecule has 3 nitrogen and oxygen atoms in total. The maximum absolute atomic E-state index is 11.3. The van der Waals surface area contributed by atoms with Crippen molar-refractivity contribution in [1.29, 1.82) is 0 Å². The summed E-state index contributed by atoms with van der Waals surface area (Å²) in [5.41, 5.74) is 0. The van der Waals surface area contributed by atoms with Crippen molar-refractivity contribution in [1.82, 2.24) is 4.72 Å². The first-order valence-corrected chi connectivity index (χ1v) is 7.21. The van der Waals surface area contributed by atoms with Crippen molar-refractivity contribution in [3.05, 3.63) is 22.4 Å². The second-order valence-corrected chi connectivity index (χ2v) is 6.09. The van der Waals surface area contributed by atoms with Gasteiger partial charge in [0.05, 0.1) is 11.8 Å². The number of rotatable bonds is 5. The number of alkyl halides is 1. The summed E-state index contributed by atoms with van der Waals surface area (Å²) in [4.78, 5) is 1.00. The van der Waals surface area contributed by atoms with Crippen LogP contribution in [0.25, 0.3) is 0 Å². The second-order valence-electron chi connectivity index (χ2n) is 2.86. The third-order valence-electron chi connectivity index (χ3n) is 1.67. The Morgan fingerprint density at radius 3 is 2.86 bits per heavy atom. The van der Waals surface area contributed by atoms with Gasteiger partial charge in [0.1, 0.15) is 0 Å². The zero-order valence-electron chi connectivity index (χ0n) is 7.73. The zero-order valence-corrected chi connectivity index (χ0v) is 10.1. The lowest BCUT2D eigenvalue weighted by molar-refractivity contribution is 0.570. The predicted octanol–water partition coefficient (Wildman–Crippen LogP) is 1.97. The molecule has 0 aliphatic carbocycles. The summed E-state index contributed by atoms with van der Waals surface area (Å²) in [6.07, 6.45) is 0. The molecule has 1 aromatic rings. The van der Waals surface area contributed by atoms with Crippen LogP contribution < -0.4 is 4.72 Å². The van der Waals surface area contributed by atoms with E-state index < -0.39 is 10.0 Å². The minimum absolute atomic E-state index is 0.0374. The molecule has 1 N–H and O–H groups in total. The number of hydrogen-bond donors (Lipinski definition) is 1. The van der Waals surface area contributed by atoms with E-state index >= 15 is 0 Å². The van der Waals surface area contributed by atoms with E-state index in [0.717, 1.165) is 4.88 Å². The van der Waals surface area contributed by atoms with Crippen LogP contribution in [0.5, 0.6) is 0 Å². The Labute approximate surface area is 93.1 Å². The lowest BCUT2D eigenvalue weighted by Gasteiger charge is -2.11. The normalized spacial score (nSPS) is 14.1. The van der Waals surface area contributed by atoms with Gasteiger partial charge in [-0.05, 0) is 18.4 Å². The molecule has 0 aliphatic heterocycles. The van der Waals surface area contributed by atoms with Crippen LogP contribution in [0.2, 0.25) is 0 Å². The van der Waals surface area contributed by atoms with Crippen LogP contribution >= 0.6 is 22.9 Å². The summed E-state index contributed by atoms with van der Waals surface area (Å²) >= 11 is 6.91. The van der Waals surface area contributed by atoms with E-state index in [9.17, 15) is 8.42 Å².